The number of aromatic carboxylic acids is 1. The van der Waals surface area contributed by atoms with Gasteiger partial charge in [-0.1, -0.05) is 0 Å². The molecule has 1 saturated carbocycles. The summed E-state index contributed by atoms with van der Waals surface area (Å²) in [6.45, 7) is 3.85. The molecule has 0 bridgehead atoms. The molecular formula is C16H24N4O4S. The van der Waals surface area contributed by atoms with Gasteiger partial charge in [0.15, 0.2) is 5.82 Å². The van der Waals surface area contributed by atoms with Crippen LogP contribution in [0.5, 0.6) is 0 Å². The van der Waals surface area contributed by atoms with Gasteiger partial charge >= 0.3 is 5.97 Å². The number of carbonyl (C=O) groups is 1. The van der Waals surface area contributed by atoms with Gasteiger partial charge in [-0.15, -0.1) is 0 Å². The topological polar surface area (TPSA) is 108 Å². The highest BCUT2D eigenvalue weighted by molar-refractivity contribution is 7.95. The first kappa shape index (κ1) is 17.8. The summed E-state index contributed by atoms with van der Waals surface area (Å²) in [6, 6.07) is 3.40. The Morgan fingerprint density at radius 3 is 2.76 bits per heavy atom. The standard InChI is InChI=1S/C16H24N4O4S/c1-2-23-24-25-19-13-11(10-17)9-12(15(21)22)14(18-13)20-7-5-16(3-4-16)6-8-20/h9H,2-8H2,1H3,25H4,(H,18,19)(H,21,22). The first-order chi connectivity index (χ1) is 12.1. The SMILES string of the molecule is CCOO[SH4]Nc1nc(N2CCC3(CC2)CC3)c(C(=O)O)cc1C#N. The monoisotopic (exact) mass is 368 g/mol. The lowest BCUT2D eigenvalue weighted by molar-refractivity contribution is -0.185. The quantitative estimate of drug-likeness (QED) is 0.427. The molecule has 25 heavy (non-hydrogen) atoms. The minimum atomic E-state index is -1.26. The average molecular weight is 368 g/mol. The van der Waals surface area contributed by atoms with Crippen molar-refractivity contribution in [2.45, 2.75) is 32.6 Å². The van der Waals surface area contributed by atoms with E-state index in [1.165, 1.54) is 18.9 Å². The van der Waals surface area contributed by atoms with E-state index in [9.17, 15) is 15.2 Å². The van der Waals surface area contributed by atoms with Gasteiger partial charge in [0.1, 0.15) is 17.5 Å². The number of hydrogen-bond donors (Lipinski definition) is 2. The molecule has 8 nitrogen and oxygen atoms in total. The van der Waals surface area contributed by atoms with Crippen LogP contribution in [0.2, 0.25) is 0 Å². The first-order valence-electron chi connectivity index (χ1n) is 8.50. The van der Waals surface area contributed by atoms with Crippen LogP contribution >= 0.6 is 12.2 Å². The molecule has 1 aliphatic heterocycles. The van der Waals surface area contributed by atoms with E-state index in [4.69, 9.17) is 9.22 Å². The smallest absolute Gasteiger partial charge is 0.339 e. The number of pyridine rings is 1. The number of anilines is 2. The van der Waals surface area contributed by atoms with Crippen LogP contribution in [0.25, 0.3) is 0 Å². The predicted molar refractivity (Wildman–Crippen MR) is 98.5 cm³/mol. The van der Waals surface area contributed by atoms with Crippen LogP contribution in [0.1, 0.15) is 48.5 Å². The van der Waals surface area contributed by atoms with Gasteiger partial charge in [-0.05, 0) is 44.1 Å². The second kappa shape index (κ2) is 7.47. The molecule has 1 aliphatic carbocycles. The lowest BCUT2D eigenvalue weighted by Crippen LogP contribution is -2.36. The summed E-state index contributed by atoms with van der Waals surface area (Å²) in [6.07, 6.45) is 4.69. The van der Waals surface area contributed by atoms with Gasteiger partial charge in [0.2, 0.25) is 0 Å². The van der Waals surface area contributed by atoms with Crippen molar-refractivity contribution in [1.82, 2.24) is 4.98 Å². The molecule has 9 heteroatoms. The minimum Gasteiger partial charge on any atom is -0.478 e. The molecule has 1 spiro atoms. The lowest BCUT2D eigenvalue weighted by atomic mass is 9.93. The Bertz CT molecular complexity index is 692. The second-order valence-electron chi connectivity index (χ2n) is 6.51. The molecule has 0 radical (unpaired) electrons. The van der Waals surface area contributed by atoms with E-state index in [2.05, 4.69) is 9.71 Å². The lowest BCUT2D eigenvalue weighted by Gasteiger charge is -2.34. The fourth-order valence-corrected chi connectivity index (χ4v) is 3.93. The first-order valence-corrected chi connectivity index (χ1v) is 9.79. The highest BCUT2D eigenvalue weighted by Crippen LogP contribution is 2.54. The Hall–Kier alpha value is -2.02. The van der Waals surface area contributed by atoms with Gasteiger partial charge in [-0.3, -0.25) is 0 Å². The van der Waals surface area contributed by atoms with Gasteiger partial charge in [0.05, 0.1) is 12.2 Å². The molecule has 138 valence electrons. The molecule has 0 aromatic carbocycles. The van der Waals surface area contributed by atoms with Crippen molar-refractivity contribution in [3.8, 4) is 6.07 Å². The normalized spacial score (nSPS) is 18.2. The molecule has 3 rings (SSSR count). The maximum absolute atomic E-state index is 11.7. The number of nitriles is 1. The van der Waals surface area contributed by atoms with Crippen molar-refractivity contribution < 1.29 is 19.1 Å². The zero-order valence-electron chi connectivity index (χ0n) is 14.2. The van der Waals surface area contributed by atoms with Crippen LogP contribution in [0.15, 0.2) is 6.07 Å². The molecule has 1 saturated heterocycles. The average Bonchev–Trinajstić information content (AvgIpc) is 3.37. The number of carboxylic acids is 1. The fraction of sp³-hybridized carbons (Fsp3) is 0.562. The van der Waals surface area contributed by atoms with Gasteiger partial charge in [0, 0.05) is 13.1 Å². The molecule has 2 N–H and O–H groups in total. The van der Waals surface area contributed by atoms with Crippen LogP contribution in [0.3, 0.4) is 0 Å². The van der Waals surface area contributed by atoms with Crippen molar-refractivity contribution >= 4 is 29.8 Å². The molecule has 2 fully saturated rings. The maximum Gasteiger partial charge on any atom is 0.339 e. The van der Waals surface area contributed by atoms with Crippen molar-refractivity contribution in [3.63, 3.8) is 0 Å². The number of rotatable bonds is 7. The van der Waals surface area contributed by atoms with Crippen molar-refractivity contribution in [2.24, 2.45) is 5.41 Å². The Balaban J connectivity index is 1.83. The summed E-state index contributed by atoms with van der Waals surface area (Å²) in [4.78, 5) is 23.0. The van der Waals surface area contributed by atoms with Crippen molar-refractivity contribution in [2.75, 3.05) is 29.3 Å². The van der Waals surface area contributed by atoms with E-state index in [-0.39, 0.29) is 11.1 Å². The van der Waals surface area contributed by atoms with Gasteiger partial charge in [-0.25, -0.2) is 14.7 Å². The molecule has 0 amide bonds. The Kier molecular flexibility index (Phi) is 5.32. The Morgan fingerprint density at radius 1 is 1.48 bits per heavy atom. The van der Waals surface area contributed by atoms with Crippen LogP contribution < -0.4 is 9.62 Å². The molecular weight excluding hydrogens is 344 g/mol. The van der Waals surface area contributed by atoms with E-state index in [0.29, 0.717) is 23.7 Å². The summed E-state index contributed by atoms with van der Waals surface area (Å²) in [5.41, 5.74) is 0.761. The van der Waals surface area contributed by atoms with E-state index in [0.717, 1.165) is 25.9 Å². The summed E-state index contributed by atoms with van der Waals surface area (Å²) in [5, 5.41) is 18.8. The zero-order valence-corrected chi connectivity index (χ0v) is 15.7. The third-order valence-electron chi connectivity index (χ3n) is 4.93. The molecule has 0 unspecified atom stereocenters. The third kappa shape index (κ3) is 3.98. The summed E-state index contributed by atoms with van der Waals surface area (Å²) in [7, 11) is 0. The molecule has 0 atom stereocenters. The molecule has 1 aromatic heterocycles. The van der Waals surface area contributed by atoms with E-state index in [1.54, 1.807) is 0 Å². The highest BCUT2D eigenvalue weighted by atomic mass is 32.2. The van der Waals surface area contributed by atoms with Crippen LogP contribution in [0.4, 0.5) is 11.6 Å². The molecule has 2 aliphatic rings. The number of hydrogen-bond acceptors (Lipinski definition) is 7. The molecule has 2 heterocycles. The highest BCUT2D eigenvalue weighted by Gasteiger charge is 2.45. The fourth-order valence-electron chi connectivity index (χ4n) is 3.21. The van der Waals surface area contributed by atoms with Crippen molar-refractivity contribution in [1.29, 1.82) is 5.26 Å². The summed E-state index contributed by atoms with van der Waals surface area (Å²) < 4.78 is 8.04. The van der Waals surface area contributed by atoms with E-state index in [1.807, 2.05) is 17.9 Å². The van der Waals surface area contributed by atoms with Gasteiger partial charge in [0.25, 0.3) is 0 Å². The number of piperidine rings is 1. The molecule has 1 aromatic rings. The van der Waals surface area contributed by atoms with E-state index >= 15 is 0 Å². The zero-order chi connectivity index (χ0) is 17.9. The second-order valence-corrected chi connectivity index (χ2v) is 7.38. The Morgan fingerprint density at radius 2 is 2.20 bits per heavy atom. The number of aromatic nitrogens is 1. The van der Waals surface area contributed by atoms with Crippen LogP contribution in [0, 0.1) is 16.7 Å². The van der Waals surface area contributed by atoms with Crippen molar-refractivity contribution in [3.05, 3.63) is 17.2 Å². The largest absolute Gasteiger partial charge is 0.478 e. The number of carboxylic acid groups (broad SMARTS) is 1. The number of nitrogens with zero attached hydrogens (tertiary/aromatic N) is 3. The van der Waals surface area contributed by atoms with Gasteiger partial charge in [-0.2, -0.15) is 21.8 Å². The predicted octanol–water partition coefficient (Wildman–Crippen LogP) is 1.90. The third-order valence-corrected chi connectivity index (χ3v) is 5.70. The number of nitrogens with one attached hydrogen (secondary N) is 1. The Labute approximate surface area is 150 Å². The van der Waals surface area contributed by atoms with Gasteiger partial charge < -0.3 is 14.7 Å². The summed E-state index contributed by atoms with van der Waals surface area (Å²) in [5.74, 6) is -0.282. The van der Waals surface area contributed by atoms with Crippen LogP contribution in [-0.2, 0) is 9.22 Å². The van der Waals surface area contributed by atoms with Crippen LogP contribution in [-0.4, -0.2) is 35.8 Å². The maximum atomic E-state index is 11.7. The summed E-state index contributed by atoms with van der Waals surface area (Å²) >= 11 is -1.26. The van der Waals surface area contributed by atoms with E-state index < -0.39 is 18.2 Å². The minimum absolute atomic E-state index is 0.0706.